The minimum absolute atomic E-state index is 0.0172. The van der Waals surface area contributed by atoms with Crippen LogP contribution in [-0.4, -0.2) is 36.2 Å². The van der Waals surface area contributed by atoms with Crippen molar-refractivity contribution in [3.63, 3.8) is 0 Å². The highest BCUT2D eigenvalue weighted by Gasteiger charge is 2.33. The number of aromatic nitrogens is 1. The van der Waals surface area contributed by atoms with Crippen molar-refractivity contribution in [1.29, 1.82) is 0 Å². The Morgan fingerprint density at radius 3 is 2.57 bits per heavy atom. The molecule has 1 rings (SSSR count). The van der Waals surface area contributed by atoms with Gasteiger partial charge in [0.2, 0.25) is 0 Å². The Morgan fingerprint density at radius 1 is 1.38 bits per heavy atom. The third kappa shape index (κ3) is 5.76. The van der Waals surface area contributed by atoms with E-state index < -0.39 is 24.9 Å². The molecule has 0 aliphatic rings. The molecule has 0 saturated carbocycles. The molecule has 4 nitrogen and oxygen atoms in total. The van der Waals surface area contributed by atoms with Crippen LogP contribution in [0.5, 0.6) is 0 Å². The Hall–Kier alpha value is -1.55. The second-order valence-corrected chi connectivity index (χ2v) is 4.29. The Kier molecular flexibility index (Phi) is 6.21. The SMILES string of the molecule is NC(=S)c1ccc(C(F)(F)F)nc1NCCOCC(F)F. The number of anilines is 1. The van der Waals surface area contributed by atoms with Crippen molar-refractivity contribution < 1.29 is 26.7 Å². The van der Waals surface area contributed by atoms with Gasteiger partial charge in [-0.25, -0.2) is 13.8 Å². The van der Waals surface area contributed by atoms with Gasteiger partial charge < -0.3 is 15.8 Å². The van der Waals surface area contributed by atoms with Gasteiger partial charge in [-0.2, -0.15) is 13.2 Å². The maximum atomic E-state index is 12.6. The maximum Gasteiger partial charge on any atom is 0.433 e. The highest BCUT2D eigenvalue weighted by atomic mass is 32.1. The molecule has 0 spiro atoms. The molecule has 0 bridgehead atoms. The van der Waals surface area contributed by atoms with Gasteiger partial charge in [0.05, 0.1) is 12.2 Å². The summed E-state index contributed by atoms with van der Waals surface area (Å²) in [6, 6.07) is 1.85. The summed E-state index contributed by atoms with van der Waals surface area (Å²) in [6.07, 6.45) is -7.22. The summed E-state index contributed by atoms with van der Waals surface area (Å²) in [5, 5.41) is 2.53. The summed E-state index contributed by atoms with van der Waals surface area (Å²) < 4.78 is 65.9. The highest BCUT2D eigenvalue weighted by molar-refractivity contribution is 7.80. The monoisotopic (exact) mass is 329 g/mol. The molecule has 1 heterocycles. The third-order valence-corrected chi connectivity index (χ3v) is 2.45. The molecule has 10 heteroatoms. The van der Waals surface area contributed by atoms with E-state index in [0.29, 0.717) is 0 Å². The first-order valence-electron chi connectivity index (χ1n) is 5.69. The number of ether oxygens (including phenoxy) is 1. The first kappa shape index (κ1) is 17.5. The fraction of sp³-hybridized carbons (Fsp3) is 0.455. The minimum atomic E-state index is -4.61. The fourth-order valence-corrected chi connectivity index (χ4v) is 1.53. The lowest BCUT2D eigenvalue weighted by Gasteiger charge is -2.13. The van der Waals surface area contributed by atoms with Crippen molar-refractivity contribution in [3.05, 3.63) is 23.4 Å². The Labute approximate surface area is 122 Å². The van der Waals surface area contributed by atoms with E-state index in [9.17, 15) is 22.0 Å². The maximum absolute atomic E-state index is 12.6. The zero-order chi connectivity index (χ0) is 16.0. The number of thiocarbonyl (C=S) groups is 1. The Morgan fingerprint density at radius 2 is 2.05 bits per heavy atom. The summed E-state index contributed by atoms with van der Waals surface area (Å²) in [6.45, 7) is -0.893. The van der Waals surface area contributed by atoms with Gasteiger partial charge in [0, 0.05) is 6.54 Å². The molecule has 0 atom stereocenters. The molecule has 0 amide bonds. The summed E-state index contributed by atoms with van der Waals surface area (Å²) in [5.41, 5.74) is 4.40. The molecule has 0 aliphatic carbocycles. The van der Waals surface area contributed by atoms with Crippen molar-refractivity contribution in [3.8, 4) is 0 Å². The van der Waals surface area contributed by atoms with Crippen molar-refractivity contribution >= 4 is 23.0 Å². The lowest BCUT2D eigenvalue weighted by molar-refractivity contribution is -0.141. The van der Waals surface area contributed by atoms with Crippen molar-refractivity contribution in [2.45, 2.75) is 12.6 Å². The van der Waals surface area contributed by atoms with Crippen molar-refractivity contribution in [2.24, 2.45) is 5.73 Å². The van der Waals surface area contributed by atoms with Gasteiger partial charge >= 0.3 is 6.18 Å². The third-order valence-electron chi connectivity index (χ3n) is 2.23. The van der Waals surface area contributed by atoms with Crippen LogP contribution < -0.4 is 11.1 Å². The van der Waals surface area contributed by atoms with Gasteiger partial charge in [0.15, 0.2) is 0 Å². The molecule has 1 aromatic heterocycles. The summed E-state index contributed by atoms with van der Waals surface area (Å²) in [4.78, 5) is 3.26. The number of nitrogens with zero attached hydrogens (tertiary/aromatic N) is 1. The molecule has 0 aromatic carbocycles. The number of nitrogens with two attached hydrogens (primary N) is 1. The Balaban J connectivity index is 2.75. The molecular formula is C11H12F5N3OS. The normalized spacial score (nSPS) is 11.7. The van der Waals surface area contributed by atoms with Gasteiger partial charge in [-0.05, 0) is 12.1 Å². The summed E-state index contributed by atoms with van der Waals surface area (Å²) >= 11 is 4.71. The predicted octanol–water partition coefficient (Wildman–Crippen LogP) is 2.43. The van der Waals surface area contributed by atoms with E-state index in [2.05, 4.69) is 15.0 Å². The quantitative estimate of drug-likeness (QED) is 0.457. The second-order valence-electron chi connectivity index (χ2n) is 3.85. The van der Waals surface area contributed by atoms with E-state index >= 15 is 0 Å². The number of halogens is 5. The van der Waals surface area contributed by atoms with Gasteiger partial charge in [-0.3, -0.25) is 0 Å². The fourth-order valence-electron chi connectivity index (χ4n) is 1.36. The van der Waals surface area contributed by atoms with E-state index in [1.807, 2.05) is 0 Å². The molecule has 118 valence electrons. The Bertz CT molecular complexity index is 495. The van der Waals surface area contributed by atoms with Gasteiger partial charge in [-0.15, -0.1) is 0 Å². The highest BCUT2D eigenvalue weighted by Crippen LogP contribution is 2.29. The number of alkyl halides is 5. The first-order valence-corrected chi connectivity index (χ1v) is 6.10. The number of rotatable bonds is 7. The number of hydrogen-bond acceptors (Lipinski definition) is 4. The van der Waals surface area contributed by atoms with Crippen LogP contribution in [0.1, 0.15) is 11.3 Å². The summed E-state index contributed by atoms with van der Waals surface area (Å²) in [5.74, 6) is -0.169. The standard InChI is InChI=1S/C11H12F5N3OS/c12-8(13)5-20-4-3-18-10-6(9(17)21)1-2-7(19-10)11(14,15)16/h1-2,8H,3-5H2,(H2,17,21)(H,18,19). The van der Waals surface area contributed by atoms with E-state index in [0.717, 1.165) is 12.1 Å². The van der Waals surface area contributed by atoms with Crippen LogP contribution >= 0.6 is 12.2 Å². The molecule has 0 radical (unpaired) electrons. The number of hydrogen-bond donors (Lipinski definition) is 2. The van der Waals surface area contributed by atoms with Crippen LogP contribution in [0.2, 0.25) is 0 Å². The average molecular weight is 329 g/mol. The van der Waals surface area contributed by atoms with Gasteiger partial charge in [0.1, 0.15) is 23.1 Å². The van der Waals surface area contributed by atoms with E-state index in [-0.39, 0.29) is 29.5 Å². The van der Waals surface area contributed by atoms with E-state index in [1.165, 1.54) is 0 Å². The minimum Gasteiger partial charge on any atom is -0.389 e. The predicted molar refractivity (Wildman–Crippen MR) is 70.4 cm³/mol. The van der Waals surface area contributed by atoms with Gasteiger partial charge in [0.25, 0.3) is 6.43 Å². The molecule has 1 aromatic rings. The van der Waals surface area contributed by atoms with Crippen molar-refractivity contribution in [1.82, 2.24) is 4.98 Å². The molecular weight excluding hydrogens is 317 g/mol. The molecule has 0 saturated heterocycles. The van der Waals surface area contributed by atoms with Crippen LogP contribution in [-0.2, 0) is 10.9 Å². The van der Waals surface area contributed by atoms with Crippen LogP contribution in [0.15, 0.2) is 12.1 Å². The molecule has 0 fully saturated rings. The van der Waals surface area contributed by atoms with Crippen LogP contribution in [0, 0.1) is 0 Å². The summed E-state index contributed by atoms with van der Waals surface area (Å²) in [7, 11) is 0. The van der Waals surface area contributed by atoms with Gasteiger partial charge in [-0.1, -0.05) is 12.2 Å². The molecule has 0 aliphatic heterocycles. The van der Waals surface area contributed by atoms with Crippen LogP contribution in [0.3, 0.4) is 0 Å². The first-order chi connectivity index (χ1) is 9.71. The number of pyridine rings is 1. The topological polar surface area (TPSA) is 60.2 Å². The molecule has 21 heavy (non-hydrogen) atoms. The number of nitrogens with one attached hydrogen (secondary N) is 1. The zero-order valence-corrected chi connectivity index (χ0v) is 11.4. The second kappa shape index (κ2) is 7.46. The van der Waals surface area contributed by atoms with Crippen molar-refractivity contribution in [2.75, 3.05) is 25.1 Å². The molecule has 3 N–H and O–H groups in total. The largest absolute Gasteiger partial charge is 0.433 e. The molecule has 0 unspecified atom stereocenters. The smallest absolute Gasteiger partial charge is 0.389 e. The zero-order valence-electron chi connectivity index (χ0n) is 10.6. The average Bonchev–Trinajstić information content (AvgIpc) is 2.36. The van der Waals surface area contributed by atoms with Crippen LogP contribution in [0.4, 0.5) is 27.8 Å². The lowest BCUT2D eigenvalue weighted by Crippen LogP contribution is -2.20. The lowest BCUT2D eigenvalue weighted by atomic mass is 10.2. The van der Waals surface area contributed by atoms with E-state index in [1.54, 1.807) is 0 Å². The van der Waals surface area contributed by atoms with Crippen LogP contribution in [0.25, 0.3) is 0 Å². The van der Waals surface area contributed by atoms with E-state index in [4.69, 9.17) is 18.0 Å².